The molecule has 1 amide bonds. The van der Waals surface area contributed by atoms with Gasteiger partial charge in [-0.1, -0.05) is 6.07 Å². The quantitative estimate of drug-likeness (QED) is 0.880. The Morgan fingerprint density at radius 1 is 1.20 bits per heavy atom. The third-order valence-electron chi connectivity index (χ3n) is 5.30. The van der Waals surface area contributed by atoms with E-state index in [2.05, 4.69) is 5.32 Å². The standard InChI is InChI=1S/C20H31N3O2/c1-14-12-23(13-15(2)25-14)20(24)17-4-3-5-19(10-17)22-11-16-6-8-18(21)9-7-16/h3-5,10,14-16,18,22H,6-9,11-13,21H2,1-2H3. The van der Waals surface area contributed by atoms with Gasteiger partial charge in [0.05, 0.1) is 12.2 Å². The van der Waals surface area contributed by atoms with Crippen LogP contribution < -0.4 is 11.1 Å². The molecule has 3 rings (SSSR count). The zero-order valence-electron chi connectivity index (χ0n) is 15.4. The molecule has 2 unspecified atom stereocenters. The largest absolute Gasteiger partial charge is 0.385 e. The molecule has 1 aromatic rings. The Balaban J connectivity index is 1.58. The van der Waals surface area contributed by atoms with E-state index in [4.69, 9.17) is 10.5 Å². The first-order valence-electron chi connectivity index (χ1n) is 9.55. The average Bonchev–Trinajstić information content (AvgIpc) is 2.60. The highest BCUT2D eigenvalue weighted by molar-refractivity contribution is 5.95. The maximum absolute atomic E-state index is 12.8. The number of carbonyl (C=O) groups excluding carboxylic acids is 1. The number of carbonyl (C=O) groups is 1. The molecule has 1 aliphatic carbocycles. The number of nitrogens with one attached hydrogen (secondary N) is 1. The maximum atomic E-state index is 12.8. The predicted octanol–water partition coefficient (Wildman–Crippen LogP) is 2.87. The SMILES string of the molecule is CC1CN(C(=O)c2cccc(NCC3CCC(N)CC3)c2)CC(C)O1. The van der Waals surface area contributed by atoms with Crippen LogP contribution >= 0.6 is 0 Å². The van der Waals surface area contributed by atoms with Crippen LogP contribution in [0.25, 0.3) is 0 Å². The normalized spacial score (nSPS) is 30.1. The third-order valence-corrected chi connectivity index (χ3v) is 5.30. The zero-order valence-corrected chi connectivity index (χ0v) is 15.4. The van der Waals surface area contributed by atoms with Crippen LogP contribution in [0.1, 0.15) is 49.9 Å². The van der Waals surface area contributed by atoms with E-state index in [1.165, 1.54) is 12.8 Å². The van der Waals surface area contributed by atoms with Gasteiger partial charge >= 0.3 is 0 Å². The monoisotopic (exact) mass is 345 g/mol. The highest BCUT2D eigenvalue weighted by Gasteiger charge is 2.26. The summed E-state index contributed by atoms with van der Waals surface area (Å²) in [5, 5.41) is 3.51. The number of nitrogens with two attached hydrogens (primary N) is 1. The van der Waals surface area contributed by atoms with E-state index in [0.29, 0.717) is 25.0 Å². The van der Waals surface area contributed by atoms with Crippen LogP contribution in [0, 0.1) is 5.92 Å². The highest BCUT2D eigenvalue weighted by Crippen LogP contribution is 2.24. The molecule has 1 saturated carbocycles. The molecule has 2 fully saturated rings. The van der Waals surface area contributed by atoms with Crippen LogP contribution in [0.4, 0.5) is 5.69 Å². The molecule has 1 aliphatic heterocycles. The lowest BCUT2D eigenvalue weighted by atomic mass is 9.86. The molecule has 1 aromatic carbocycles. The Labute approximate surface area is 150 Å². The van der Waals surface area contributed by atoms with Crippen LogP contribution in [0.5, 0.6) is 0 Å². The average molecular weight is 345 g/mol. The second-order valence-electron chi connectivity index (χ2n) is 7.71. The fraction of sp³-hybridized carbons (Fsp3) is 0.650. The summed E-state index contributed by atoms with van der Waals surface area (Å²) in [5.74, 6) is 0.773. The first-order chi connectivity index (χ1) is 12.0. The Morgan fingerprint density at radius 2 is 1.88 bits per heavy atom. The van der Waals surface area contributed by atoms with E-state index < -0.39 is 0 Å². The van der Waals surface area contributed by atoms with Gasteiger partial charge in [-0.25, -0.2) is 0 Å². The summed E-state index contributed by atoms with van der Waals surface area (Å²) in [6.07, 6.45) is 4.81. The number of amides is 1. The summed E-state index contributed by atoms with van der Waals surface area (Å²) in [6, 6.07) is 8.25. The van der Waals surface area contributed by atoms with Crippen molar-refractivity contribution in [2.45, 2.75) is 57.8 Å². The lowest BCUT2D eigenvalue weighted by molar-refractivity contribution is -0.0586. The van der Waals surface area contributed by atoms with Crippen LogP contribution in [0.15, 0.2) is 24.3 Å². The molecule has 0 radical (unpaired) electrons. The van der Waals surface area contributed by atoms with Crippen LogP contribution in [0.3, 0.4) is 0 Å². The lowest BCUT2D eigenvalue weighted by Crippen LogP contribution is -2.48. The van der Waals surface area contributed by atoms with Gasteiger partial charge in [-0.3, -0.25) is 4.79 Å². The summed E-state index contributed by atoms with van der Waals surface area (Å²) in [4.78, 5) is 14.7. The molecule has 0 aromatic heterocycles. The number of morpholine rings is 1. The number of hydrogen-bond donors (Lipinski definition) is 2. The van der Waals surface area contributed by atoms with Gasteiger partial charge in [-0.05, 0) is 63.6 Å². The van der Waals surface area contributed by atoms with E-state index in [9.17, 15) is 4.79 Å². The van der Waals surface area contributed by atoms with Crippen molar-refractivity contribution in [1.29, 1.82) is 0 Å². The van der Waals surface area contributed by atoms with Crippen LogP contribution in [-0.2, 0) is 4.74 Å². The molecule has 138 valence electrons. The molecule has 0 bridgehead atoms. The van der Waals surface area contributed by atoms with E-state index in [1.807, 2.05) is 43.0 Å². The Morgan fingerprint density at radius 3 is 2.56 bits per heavy atom. The summed E-state index contributed by atoms with van der Waals surface area (Å²) in [5.41, 5.74) is 7.75. The fourth-order valence-electron chi connectivity index (χ4n) is 3.94. The van der Waals surface area contributed by atoms with Crippen molar-refractivity contribution in [3.05, 3.63) is 29.8 Å². The zero-order chi connectivity index (χ0) is 17.8. The number of rotatable bonds is 4. The number of anilines is 1. The van der Waals surface area contributed by atoms with Crippen molar-refractivity contribution in [1.82, 2.24) is 4.90 Å². The van der Waals surface area contributed by atoms with Gasteiger partial charge in [-0.15, -0.1) is 0 Å². The smallest absolute Gasteiger partial charge is 0.254 e. The van der Waals surface area contributed by atoms with E-state index >= 15 is 0 Å². The molecule has 3 N–H and O–H groups in total. The van der Waals surface area contributed by atoms with Gasteiger partial charge in [0.15, 0.2) is 0 Å². The molecule has 0 spiro atoms. The Bertz CT molecular complexity index is 574. The molecule has 2 aliphatic rings. The second-order valence-corrected chi connectivity index (χ2v) is 7.71. The minimum Gasteiger partial charge on any atom is -0.385 e. The summed E-state index contributed by atoms with van der Waals surface area (Å²) >= 11 is 0. The molecule has 2 atom stereocenters. The van der Waals surface area contributed by atoms with E-state index in [1.54, 1.807) is 0 Å². The summed E-state index contributed by atoms with van der Waals surface area (Å²) < 4.78 is 5.72. The Kier molecular flexibility index (Phi) is 5.97. The summed E-state index contributed by atoms with van der Waals surface area (Å²) in [7, 11) is 0. The van der Waals surface area contributed by atoms with Crippen molar-refractivity contribution in [2.75, 3.05) is 25.0 Å². The van der Waals surface area contributed by atoms with Gasteiger partial charge in [0.25, 0.3) is 5.91 Å². The van der Waals surface area contributed by atoms with Crippen molar-refractivity contribution in [3.63, 3.8) is 0 Å². The van der Waals surface area contributed by atoms with Crippen molar-refractivity contribution in [3.8, 4) is 0 Å². The highest BCUT2D eigenvalue weighted by atomic mass is 16.5. The minimum atomic E-state index is 0.0895. The van der Waals surface area contributed by atoms with Gasteiger partial charge in [-0.2, -0.15) is 0 Å². The number of ether oxygens (including phenoxy) is 1. The molecule has 1 heterocycles. The number of hydrogen-bond acceptors (Lipinski definition) is 4. The molecular weight excluding hydrogens is 314 g/mol. The van der Waals surface area contributed by atoms with E-state index in [-0.39, 0.29) is 18.1 Å². The molecular formula is C20H31N3O2. The van der Waals surface area contributed by atoms with Crippen molar-refractivity contribution < 1.29 is 9.53 Å². The van der Waals surface area contributed by atoms with Gasteiger partial charge in [0.2, 0.25) is 0 Å². The van der Waals surface area contributed by atoms with Crippen molar-refractivity contribution >= 4 is 11.6 Å². The predicted molar refractivity (Wildman–Crippen MR) is 101 cm³/mol. The van der Waals surface area contributed by atoms with Crippen LogP contribution in [-0.4, -0.2) is 48.7 Å². The third kappa shape index (κ3) is 4.95. The van der Waals surface area contributed by atoms with Crippen LogP contribution in [0.2, 0.25) is 0 Å². The topological polar surface area (TPSA) is 67.6 Å². The molecule has 1 saturated heterocycles. The first-order valence-corrected chi connectivity index (χ1v) is 9.55. The first kappa shape index (κ1) is 18.2. The van der Waals surface area contributed by atoms with Gasteiger partial charge in [0, 0.05) is 36.9 Å². The van der Waals surface area contributed by atoms with E-state index in [0.717, 1.165) is 30.6 Å². The molecule has 25 heavy (non-hydrogen) atoms. The number of nitrogens with zero attached hydrogens (tertiary/aromatic N) is 1. The summed E-state index contributed by atoms with van der Waals surface area (Å²) in [6.45, 7) is 6.30. The van der Waals surface area contributed by atoms with Gasteiger partial charge in [0.1, 0.15) is 0 Å². The maximum Gasteiger partial charge on any atom is 0.254 e. The van der Waals surface area contributed by atoms with Crippen molar-refractivity contribution in [2.24, 2.45) is 11.7 Å². The number of benzene rings is 1. The second kappa shape index (κ2) is 8.19. The molecule has 5 nitrogen and oxygen atoms in total. The fourth-order valence-corrected chi connectivity index (χ4v) is 3.94. The molecule has 5 heteroatoms. The lowest BCUT2D eigenvalue weighted by Gasteiger charge is -2.35. The minimum absolute atomic E-state index is 0.0895. The van der Waals surface area contributed by atoms with Gasteiger partial charge < -0.3 is 20.7 Å². The Hall–Kier alpha value is -1.59.